The lowest BCUT2D eigenvalue weighted by Gasteiger charge is -2.29. The minimum Gasteiger partial charge on any atom is -0.348 e. The van der Waals surface area contributed by atoms with Crippen LogP contribution < -0.4 is 10.0 Å². The van der Waals surface area contributed by atoms with E-state index in [1.165, 1.54) is 11.8 Å². The van der Waals surface area contributed by atoms with E-state index in [9.17, 15) is 13.2 Å². The van der Waals surface area contributed by atoms with E-state index >= 15 is 0 Å². The first-order valence-corrected chi connectivity index (χ1v) is 7.74. The Morgan fingerprint density at radius 3 is 2.56 bits per heavy atom. The number of rotatable bonds is 4. The number of nitrogens with zero attached hydrogens (tertiary/aromatic N) is 1. The zero-order chi connectivity index (χ0) is 13.9. The van der Waals surface area contributed by atoms with Crippen molar-refractivity contribution in [2.24, 2.45) is 0 Å². The summed E-state index contributed by atoms with van der Waals surface area (Å²) in [7, 11) is -0.484. The molecule has 0 aromatic carbocycles. The molecule has 6 nitrogen and oxygen atoms in total. The standard InChI is InChI=1S/C11H23N3O3S/c1-8-7-10(5-6-12-8)13-18(16,17)9(2)11(15)14(3)4/h8-10,12-13H,5-7H2,1-4H3. The van der Waals surface area contributed by atoms with E-state index in [0.717, 1.165) is 19.4 Å². The topological polar surface area (TPSA) is 78.5 Å². The molecule has 1 aliphatic heterocycles. The minimum absolute atomic E-state index is 0.0799. The van der Waals surface area contributed by atoms with Crippen molar-refractivity contribution in [3.05, 3.63) is 0 Å². The number of amides is 1. The van der Waals surface area contributed by atoms with Crippen LogP contribution in [0.15, 0.2) is 0 Å². The van der Waals surface area contributed by atoms with Crippen molar-refractivity contribution in [3.63, 3.8) is 0 Å². The van der Waals surface area contributed by atoms with Gasteiger partial charge in [-0.15, -0.1) is 0 Å². The molecule has 1 heterocycles. The Balaban J connectivity index is 2.66. The molecule has 0 aromatic rings. The van der Waals surface area contributed by atoms with Crippen molar-refractivity contribution in [3.8, 4) is 0 Å². The summed E-state index contributed by atoms with van der Waals surface area (Å²) < 4.78 is 26.8. The first kappa shape index (κ1) is 15.4. The van der Waals surface area contributed by atoms with Gasteiger partial charge in [-0.25, -0.2) is 13.1 Å². The predicted octanol–water partition coefficient (Wildman–Crippen LogP) is -0.477. The second kappa shape index (κ2) is 5.99. The van der Waals surface area contributed by atoms with E-state index < -0.39 is 21.2 Å². The van der Waals surface area contributed by atoms with E-state index in [4.69, 9.17) is 0 Å². The van der Waals surface area contributed by atoms with Gasteiger partial charge < -0.3 is 10.2 Å². The summed E-state index contributed by atoms with van der Waals surface area (Å²) in [4.78, 5) is 13.0. The number of hydrogen-bond acceptors (Lipinski definition) is 4. The normalized spacial score (nSPS) is 26.7. The Hall–Kier alpha value is -0.660. The van der Waals surface area contributed by atoms with Crippen LogP contribution in [0.25, 0.3) is 0 Å². The van der Waals surface area contributed by atoms with Crippen LogP contribution in [0.2, 0.25) is 0 Å². The molecule has 0 aromatic heterocycles. The Labute approximate surface area is 109 Å². The lowest BCUT2D eigenvalue weighted by atomic mass is 10.0. The molecule has 3 unspecified atom stereocenters. The largest absolute Gasteiger partial charge is 0.348 e. The quantitative estimate of drug-likeness (QED) is 0.728. The molecule has 1 fully saturated rings. The maximum Gasteiger partial charge on any atom is 0.241 e. The summed E-state index contributed by atoms with van der Waals surface area (Å²) in [5.74, 6) is -0.399. The molecule has 3 atom stereocenters. The van der Waals surface area contributed by atoms with Gasteiger partial charge in [0.25, 0.3) is 0 Å². The predicted molar refractivity (Wildman–Crippen MR) is 70.7 cm³/mol. The smallest absolute Gasteiger partial charge is 0.241 e. The maximum atomic E-state index is 12.1. The highest BCUT2D eigenvalue weighted by molar-refractivity contribution is 7.90. The van der Waals surface area contributed by atoms with Crippen molar-refractivity contribution in [1.29, 1.82) is 0 Å². The molecule has 106 valence electrons. The molecule has 1 saturated heterocycles. The minimum atomic E-state index is -3.60. The first-order chi connectivity index (χ1) is 8.24. The summed E-state index contributed by atoms with van der Waals surface area (Å²) in [5, 5.41) is 2.21. The van der Waals surface area contributed by atoms with E-state index in [0.29, 0.717) is 6.04 Å². The van der Waals surface area contributed by atoms with Crippen LogP contribution in [-0.2, 0) is 14.8 Å². The molecule has 0 saturated carbocycles. The molecular formula is C11H23N3O3S. The summed E-state index contributed by atoms with van der Waals surface area (Å²) in [6.45, 7) is 4.24. The van der Waals surface area contributed by atoms with Crippen LogP contribution in [0.4, 0.5) is 0 Å². The van der Waals surface area contributed by atoms with Crippen molar-refractivity contribution in [2.75, 3.05) is 20.6 Å². The van der Waals surface area contributed by atoms with Crippen molar-refractivity contribution in [1.82, 2.24) is 14.9 Å². The van der Waals surface area contributed by atoms with Crippen molar-refractivity contribution in [2.45, 2.75) is 44.0 Å². The summed E-state index contributed by atoms with van der Waals surface area (Å²) in [6, 6.07) is 0.218. The highest BCUT2D eigenvalue weighted by Crippen LogP contribution is 2.11. The van der Waals surface area contributed by atoms with Crippen LogP contribution in [0.5, 0.6) is 0 Å². The van der Waals surface area contributed by atoms with Crippen LogP contribution in [0, 0.1) is 0 Å². The van der Waals surface area contributed by atoms with E-state index in [1.54, 1.807) is 14.1 Å². The third-order valence-electron chi connectivity index (χ3n) is 3.21. The van der Waals surface area contributed by atoms with Gasteiger partial charge in [0.1, 0.15) is 0 Å². The molecule has 1 aliphatic rings. The number of carbonyl (C=O) groups excluding carboxylic acids is 1. The van der Waals surface area contributed by atoms with E-state index in [1.807, 2.05) is 6.92 Å². The number of sulfonamides is 1. The zero-order valence-corrected chi connectivity index (χ0v) is 12.3. The highest BCUT2D eigenvalue weighted by atomic mass is 32.2. The van der Waals surface area contributed by atoms with Crippen molar-refractivity contribution >= 4 is 15.9 Å². The fourth-order valence-electron chi connectivity index (χ4n) is 2.07. The fourth-order valence-corrected chi connectivity index (χ4v) is 3.43. The van der Waals surface area contributed by atoms with Gasteiger partial charge in [0.15, 0.2) is 5.25 Å². The van der Waals surface area contributed by atoms with Gasteiger partial charge >= 0.3 is 0 Å². The molecule has 0 aliphatic carbocycles. The molecule has 0 radical (unpaired) electrons. The second-order valence-electron chi connectivity index (χ2n) is 5.11. The summed E-state index contributed by atoms with van der Waals surface area (Å²) in [5.41, 5.74) is 0. The van der Waals surface area contributed by atoms with Gasteiger partial charge in [-0.05, 0) is 33.2 Å². The van der Waals surface area contributed by atoms with Crippen molar-refractivity contribution < 1.29 is 13.2 Å². The second-order valence-corrected chi connectivity index (χ2v) is 7.15. The molecular weight excluding hydrogens is 254 g/mol. The molecule has 1 amide bonds. The van der Waals surface area contributed by atoms with E-state index in [-0.39, 0.29) is 6.04 Å². The molecule has 2 N–H and O–H groups in total. The zero-order valence-electron chi connectivity index (χ0n) is 11.4. The first-order valence-electron chi connectivity index (χ1n) is 6.19. The number of hydrogen-bond donors (Lipinski definition) is 2. The van der Waals surface area contributed by atoms with Gasteiger partial charge in [-0.1, -0.05) is 0 Å². The Morgan fingerprint density at radius 2 is 2.06 bits per heavy atom. The van der Waals surface area contributed by atoms with Crippen LogP contribution in [-0.4, -0.2) is 57.2 Å². The van der Waals surface area contributed by atoms with Crippen LogP contribution >= 0.6 is 0 Å². The number of piperidine rings is 1. The Kier molecular flexibility index (Phi) is 5.12. The fraction of sp³-hybridized carbons (Fsp3) is 0.909. The monoisotopic (exact) mass is 277 g/mol. The average molecular weight is 277 g/mol. The lowest BCUT2D eigenvalue weighted by molar-refractivity contribution is -0.127. The molecule has 18 heavy (non-hydrogen) atoms. The third kappa shape index (κ3) is 3.93. The lowest BCUT2D eigenvalue weighted by Crippen LogP contribution is -2.50. The van der Waals surface area contributed by atoms with Crippen LogP contribution in [0.1, 0.15) is 26.7 Å². The van der Waals surface area contributed by atoms with Gasteiger partial charge in [-0.2, -0.15) is 0 Å². The van der Waals surface area contributed by atoms with E-state index in [2.05, 4.69) is 10.0 Å². The third-order valence-corrected chi connectivity index (χ3v) is 5.00. The number of nitrogens with one attached hydrogen (secondary N) is 2. The average Bonchev–Trinajstić information content (AvgIpc) is 2.26. The van der Waals surface area contributed by atoms with Gasteiger partial charge in [0.05, 0.1) is 0 Å². The molecule has 1 rings (SSSR count). The van der Waals surface area contributed by atoms with Gasteiger partial charge in [0.2, 0.25) is 15.9 Å². The molecule has 7 heteroatoms. The maximum absolute atomic E-state index is 12.1. The Bertz CT molecular complexity index is 394. The summed E-state index contributed by atoms with van der Waals surface area (Å²) in [6.07, 6.45) is 1.51. The van der Waals surface area contributed by atoms with Gasteiger partial charge in [-0.3, -0.25) is 4.79 Å². The van der Waals surface area contributed by atoms with Crippen LogP contribution in [0.3, 0.4) is 0 Å². The molecule has 0 bridgehead atoms. The molecule has 0 spiro atoms. The highest BCUT2D eigenvalue weighted by Gasteiger charge is 2.32. The Morgan fingerprint density at radius 1 is 1.44 bits per heavy atom. The summed E-state index contributed by atoms with van der Waals surface area (Å²) >= 11 is 0. The van der Waals surface area contributed by atoms with Gasteiger partial charge in [0, 0.05) is 26.2 Å². The number of carbonyl (C=O) groups is 1. The SMILES string of the molecule is CC1CC(NS(=O)(=O)C(C)C(=O)N(C)C)CCN1.